The second-order valence-electron chi connectivity index (χ2n) is 6.33. The molecule has 0 radical (unpaired) electrons. The molecule has 0 N–H and O–H groups in total. The average molecular weight is 432 g/mol. The van der Waals surface area contributed by atoms with E-state index in [-0.39, 0.29) is 10.7 Å². The fourth-order valence-electron chi connectivity index (χ4n) is 2.39. The minimum absolute atomic E-state index is 0.00971. The number of nitrogens with zero attached hydrogens (tertiary/aromatic N) is 3. The van der Waals surface area contributed by atoms with Gasteiger partial charge in [-0.05, 0) is 49.7 Å². The molecule has 1 unspecified atom stereocenters. The highest BCUT2D eigenvalue weighted by Gasteiger charge is 2.30. The van der Waals surface area contributed by atoms with Gasteiger partial charge in [0.25, 0.3) is 0 Å². The van der Waals surface area contributed by atoms with Gasteiger partial charge in [-0.1, -0.05) is 17.7 Å². The first kappa shape index (κ1) is 22.2. The number of aliphatic imine (C=N–C) groups is 1. The fourth-order valence-corrected chi connectivity index (χ4v) is 4.27. The lowest BCUT2D eigenvalue weighted by Crippen LogP contribution is -2.14. The molecule has 9 heteroatoms. The van der Waals surface area contributed by atoms with E-state index in [2.05, 4.69) is 9.36 Å². The van der Waals surface area contributed by atoms with Crippen molar-refractivity contribution < 1.29 is 17.4 Å². The van der Waals surface area contributed by atoms with Gasteiger partial charge < -0.3 is 4.90 Å². The molecule has 0 aliphatic rings. The monoisotopic (exact) mass is 431 g/mol. The Morgan fingerprint density at radius 2 is 1.93 bits per heavy atom. The number of aryl methyl sites for hydroxylation is 1. The Kier molecular flexibility index (Phi) is 6.77. The number of alkyl halides is 3. The van der Waals surface area contributed by atoms with Gasteiger partial charge in [-0.25, -0.2) is 9.20 Å². The predicted octanol–water partition coefficient (Wildman–Crippen LogP) is 6.07. The molecule has 0 fully saturated rings. The first-order chi connectivity index (χ1) is 12.9. The van der Waals surface area contributed by atoms with Crippen molar-refractivity contribution in [3.8, 4) is 0 Å². The molecule has 0 heterocycles. The van der Waals surface area contributed by atoms with Crippen LogP contribution in [-0.4, -0.2) is 35.3 Å². The van der Waals surface area contributed by atoms with E-state index in [1.807, 2.05) is 18.9 Å². The maximum Gasteiger partial charge on any atom is 0.416 e. The summed E-state index contributed by atoms with van der Waals surface area (Å²) in [5.41, 5.74) is 0.296. The fraction of sp³-hybridized carbons (Fsp3) is 0.316. The molecule has 0 aliphatic heterocycles. The molecular weight excluding hydrogens is 411 g/mol. The van der Waals surface area contributed by atoms with Gasteiger partial charge in [0.1, 0.15) is 0 Å². The van der Waals surface area contributed by atoms with Crippen molar-refractivity contribution in [1.82, 2.24) is 4.90 Å². The molecular formula is C19H21ClF3N3OS. The Bertz CT molecular complexity index is 1010. The summed E-state index contributed by atoms with van der Waals surface area (Å²) in [5, 5.41) is 0.287. The molecule has 28 heavy (non-hydrogen) atoms. The summed E-state index contributed by atoms with van der Waals surface area (Å²) in [7, 11) is -1.15. The van der Waals surface area contributed by atoms with E-state index in [1.165, 1.54) is 24.5 Å². The molecule has 152 valence electrons. The minimum Gasteiger partial charge on any atom is -0.366 e. The molecule has 2 rings (SSSR count). The molecule has 0 spiro atoms. The molecule has 1 atom stereocenters. The van der Waals surface area contributed by atoms with Crippen LogP contribution < -0.4 is 0 Å². The lowest BCUT2D eigenvalue weighted by atomic mass is 10.2. The van der Waals surface area contributed by atoms with Crippen molar-refractivity contribution in [3.05, 3.63) is 52.5 Å². The highest BCUT2D eigenvalue weighted by atomic mass is 35.5. The Labute approximate surface area is 168 Å². The smallest absolute Gasteiger partial charge is 0.366 e. The van der Waals surface area contributed by atoms with Crippen molar-refractivity contribution in [2.75, 3.05) is 19.8 Å². The van der Waals surface area contributed by atoms with E-state index in [0.29, 0.717) is 16.1 Å². The molecule has 0 bridgehead atoms. The summed E-state index contributed by atoms with van der Waals surface area (Å²) >= 11 is 6.27. The second-order valence-corrected chi connectivity index (χ2v) is 8.96. The van der Waals surface area contributed by atoms with Gasteiger partial charge in [0.2, 0.25) is 0 Å². The molecule has 0 saturated carbocycles. The van der Waals surface area contributed by atoms with Gasteiger partial charge in [-0.3, -0.25) is 0 Å². The summed E-state index contributed by atoms with van der Waals surface area (Å²) in [6.45, 7) is 4.49. The SMILES string of the molecule is CCN(C)C=Nc1cc(C)c(S(C)(=O)=Nc2cccc(C(F)(F)F)c2)cc1Cl. The minimum atomic E-state index is -4.50. The average Bonchev–Trinajstić information content (AvgIpc) is 2.60. The number of benzene rings is 2. The summed E-state index contributed by atoms with van der Waals surface area (Å²) < 4.78 is 55.9. The first-order valence-electron chi connectivity index (χ1n) is 8.38. The topological polar surface area (TPSA) is 45.0 Å². The first-order valence-corrected chi connectivity index (χ1v) is 10.7. The van der Waals surface area contributed by atoms with Crippen molar-refractivity contribution in [3.63, 3.8) is 0 Å². The standard InChI is InChI=1S/C19H21ClF3N3OS/c1-5-26(3)12-24-17-9-13(2)18(11-16(17)20)28(4,27)25-15-8-6-7-14(10-15)19(21,22)23/h6-12H,5H2,1-4H3. The van der Waals surface area contributed by atoms with Crippen molar-refractivity contribution in [2.24, 2.45) is 9.36 Å². The van der Waals surface area contributed by atoms with Crippen LogP contribution >= 0.6 is 11.6 Å². The zero-order valence-electron chi connectivity index (χ0n) is 15.9. The van der Waals surface area contributed by atoms with Gasteiger partial charge >= 0.3 is 6.18 Å². The number of hydrogen-bond acceptors (Lipinski definition) is 3. The normalized spacial score (nSPS) is 14.1. The zero-order chi connectivity index (χ0) is 21.1. The molecule has 2 aromatic rings. The second kappa shape index (κ2) is 8.53. The van der Waals surface area contributed by atoms with Crippen LogP contribution in [0.15, 0.2) is 50.6 Å². The zero-order valence-corrected chi connectivity index (χ0v) is 17.5. The van der Waals surface area contributed by atoms with Gasteiger partial charge in [0.05, 0.1) is 42.9 Å². The highest BCUT2D eigenvalue weighted by molar-refractivity contribution is 7.93. The summed E-state index contributed by atoms with van der Waals surface area (Å²) in [6, 6.07) is 7.63. The van der Waals surface area contributed by atoms with E-state index >= 15 is 0 Å². The summed E-state index contributed by atoms with van der Waals surface area (Å²) in [5.74, 6) is 0. The van der Waals surface area contributed by atoms with E-state index in [9.17, 15) is 17.4 Å². The number of hydrogen-bond donors (Lipinski definition) is 0. The molecule has 0 amide bonds. The van der Waals surface area contributed by atoms with Crippen LogP contribution in [0.2, 0.25) is 5.02 Å². The third kappa shape index (κ3) is 5.48. The van der Waals surface area contributed by atoms with Gasteiger partial charge in [-0.2, -0.15) is 17.5 Å². The lowest BCUT2D eigenvalue weighted by molar-refractivity contribution is -0.137. The van der Waals surface area contributed by atoms with E-state index in [0.717, 1.165) is 18.7 Å². The van der Waals surface area contributed by atoms with Crippen LogP contribution in [0.3, 0.4) is 0 Å². The van der Waals surface area contributed by atoms with Gasteiger partial charge in [0.15, 0.2) is 0 Å². The quantitative estimate of drug-likeness (QED) is 0.426. The molecule has 2 aromatic carbocycles. The molecule has 0 aliphatic carbocycles. The van der Waals surface area contributed by atoms with E-state index in [4.69, 9.17) is 11.6 Å². The van der Waals surface area contributed by atoms with E-state index < -0.39 is 21.5 Å². The maximum atomic E-state index is 13.2. The van der Waals surface area contributed by atoms with Crippen LogP contribution in [-0.2, 0) is 15.9 Å². The Morgan fingerprint density at radius 3 is 2.54 bits per heavy atom. The molecule has 4 nitrogen and oxygen atoms in total. The van der Waals surface area contributed by atoms with Crippen LogP contribution in [0.25, 0.3) is 0 Å². The third-order valence-corrected chi connectivity index (χ3v) is 6.12. The number of rotatable bonds is 5. The van der Waals surface area contributed by atoms with Crippen molar-refractivity contribution >= 4 is 39.0 Å². The van der Waals surface area contributed by atoms with Crippen LogP contribution in [0.1, 0.15) is 18.1 Å². The summed E-state index contributed by atoms with van der Waals surface area (Å²) in [6.07, 6.45) is -1.49. The maximum absolute atomic E-state index is 13.2. The lowest BCUT2D eigenvalue weighted by Gasteiger charge is -2.12. The molecule has 0 aromatic heterocycles. The van der Waals surface area contributed by atoms with Crippen LogP contribution in [0, 0.1) is 6.92 Å². The van der Waals surface area contributed by atoms with Crippen molar-refractivity contribution in [1.29, 1.82) is 0 Å². The van der Waals surface area contributed by atoms with Crippen molar-refractivity contribution in [2.45, 2.75) is 24.9 Å². The number of halogens is 4. The largest absolute Gasteiger partial charge is 0.416 e. The van der Waals surface area contributed by atoms with Gasteiger partial charge in [0, 0.05) is 19.8 Å². The molecule has 0 saturated heterocycles. The van der Waals surface area contributed by atoms with Gasteiger partial charge in [-0.15, -0.1) is 0 Å². The highest BCUT2D eigenvalue weighted by Crippen LogP contribution is 2.34. The Balaban J connectivity index is 2.49. The summed E-state index contributed by atoms with van der Waals surface area (Å²) in [4.78, 5) is 6.53. The Morgan fingerprint density at radius 1 is 1.25 bits per heavy atom. The van der Waals surface area contributed by atoms with E-state index in [1.54, 1.807) is 19.3 Å². The Hall–Kier alpha value is -2.06. The third-order valence-electron chi connectivity index (χ3n) is 4.00. The van der Waals surface area contributed by atoms with Crippen LogP contribution in [0.4, 0.5) is 24.5 Å². The predicted molar refractivity (Wildman–Crippen MR) is 109 cm³/mol. The van der Waals surface area contributed by atoms with Crippen LogP contribution in [0.5, 0.6) is 0 Å².